The van der Waals surface area contributed by atoms with E-state index in [9.17, 15) is 18.8 Å². The van der Waals surface area contributed by atoms with Crippen molar-refractivity contribution in [1.82, 2.24) is 25.0 Å². The molecule has 1 fully saturated rings. The smallest absolute Gasteiger partial charge is 0.274 e. The quantitative estimate of drug-likeness (QED) is 0.385. The Labute approximate surface area is 226 Å². The Morgan fingerprint density at radius 1 is 1.03 bits per heavy atom. The second kappa shape index (κ2) is 10.6. The van der Waals surface area contributed by atoms with E-state index in [-0.39, 0.29) is 39.6 Å². The zero-order valence-electron chi connectivity index (χ0n) is 19.6. The molecule has 5 rings (SSSR count). The van der Waals surface area contributed by atoms with Crippen LogP contribution in [0.3, 0.4) is 0 Å². The summed E-state index contributed by atoms with van der Waals surface area (Å²) in [5.74, 6) is -1.60. The molecule has 0 spiro atoms. The van der Waals surface area contributed by atoms with Gasteiger partial charge in [-0.3, -0.25) is 19.4 Å². The van der Waals surface area contributed by atoms with Crippen LogP contribution in [0.5, 0.6) is 0 Å². The lowest BCUT2D eigenvalue weighted by molar-refractivity contribution is -0.123. The van der Waals surface area contributed by atoms with Gasteiger partial charge in [0.2, 0.25) is 5.91 Å². The molecule has 1 aliphatic heterocycles. The van der Waals surface area contributed by atoms with Gasteiger partial charge in [-0.1, -0.05) is 41.4 Å². The van der Waals surface area contributed by atoms with Gasteiger partial charge >= 0.3 is 0 Å². The molecule has 38 heavy (non-hydrogen) atoms. The zero-order valence-corrected chi connectivity index (χ0v) is 21.1. The standard InChI is InChI=1S/C26H19Cl2FN6O3/c27-19-11-20(28)18(10-17(19)21-7-6-15(29)13-31-21)25(37)32-23-12-22(26(38)34-9-8-30-24(36)14-34)33-35(23)16-4-2-1-3-5-16/h1-7,10-13H,8-9,14H2,(H,30,36)(H,32,37). The number of piperazine rings is 1. The SMILES string of the molecule is O=C1CN(C(=O)c2cc(NC(=O)c3cc(-c4ccc(F)cn4)c(Cl)cc3Cl)n(-c3ccccc3)n2)CCN1. The number of carbonyl (C=O) groups is 3. The molecule has 0 bridgehead atoms. The van der Waals surface area contributed by atoms with Gasteiger partial charge in [0.05, 0.1) is 39.7 Å². The molecule has 9 nitrogen and oxygen atoms in total. The van der Waals surface area contributed by atoms with Crippen LogP contribution in [-0.2, 0) is 4.79 Å². The maximum absolute atomic E-state index is 13.4. The summed E-state index contributed by atoms with van der Waals surface area (Å²) < 4.78 is 14.8. The third-order valence-electron chi connectivity index (χ3n) is 5.80. The third kappa shape index (κ3) is 5.22. The highest BCUT2D eigenvalue weighted by atomic mass is 35.5. The van der Waals surface area contributed by atoms with E-state index in [4.69, 9.17) is 23.2 Å². The largest absolute Gasteiger partial charge is 0.353 e. The van der Waals surface area contributed by atoms with Gasteiger partial charge in [-0.05, 0) is 36.4 Å². The first kappa shape index (κ1) is 25.4. The van der Waals surface area contributed by atoms with E-state index in [2.05, 4.69) is 20.7 Å². The molecular weight excluding hydrogens is 534 g/mol. The Kier molecular flexibility index (Phi) is 7.08. The van der Waals surface area contributed by atoms with Crippen molar-refractivity contribution in [3.63, 3.8) is 0 Å². The number of benzene rings is 2. The van der Waals surface area contributed by atoms with E-state index in [0.717, 1.165) is 6.20 Å². The molecule has 0 aliphatic carbocycles. The maximum Gasteiger partial charge on any atom is 0.274 e. The first-order chi connectivity index (χ1) is 18.3. The summed E-state index contributed by atoms with van der Waals surface area (Å²) in [6, 6.07) is 15.9. The van der Waals surface area contributed by atoms with Crippen LogP contribution >= 0.6 is 23.2 Å². The van der Waals surface area contributed by atoms with Gasteiger partial charge in [-0.15, -0.1) is 0 Å². The lowest BCUT2D eigenvalue weighted by atomic mass is 10.1. The highest BCUT2D eigenvalue weighted by molar-refractivity contribution is 6.38. The molecule has 1 aliphatic rings. The molecule has 2 N–H and O–H groups in total. The first-order valence-corrected chi connectivity index (χ1v) is 12.2. The molecule has 3 amide bonds. The monoisotopic (exact) mass is 552 g/mol. The van der Waals surface area contributed by atoms with Crippen molar-refractivity contribution >= 4 is 46.7 Å². The van der Waals surface area contributed by atoms with Crippen LogP contribution in [0.25, 0.3) is 16.9 Å². The molecule has 0 atom stereocenters. The van der Waals surface area contributed by atoms with Crippen molar-refractivity contribution in [1.29, 1.82) is 0 Å². The van der Waals surface area contributed by atoms with Gasteiger partial charge in [0.15, 0.2) is 5.69 Å². The van der Waals surface area contributed by atoms with Crippen LogP contribution in [0, 0.1) is 5.82 Å². The second-order valence-electron chi connectivity index (χ2n) is 8.37. The van der Waals surface area contributed by atoms with Crippen LogP contribution in [0.1, 0.15) is 20.8 Å². The molecule has 2 aromatic heterocycles. The number of halogens is 3. The van der Waals surface area contributed by atoms with Crippen LogP contribution in [0.15, 0.2) is 66.9 Å². The highest BCUT2D eigenvalue weighted by Crippen LogP contribution is 2.32. The van der Waals surface area contributed by atoms with E-state index < -0.39 is 17.6 Å². The predicted molar refractivity (Wildman–Crippen MR) is 140 cm³/mol. The number of amides is 3. The second-order valence-corrected chi connectivity index (χ2v) is 9.18. The summed E-state index contributed by atoms with van der Waals surface area (Å²) in [7, 11) is 0. The number of para-hydroxylation sites is 1. The van der Waals surface area contributed by atoms with Gasteiger partial charge in [-0.2, -0.15) is 5.10 Å². The van der Waals surface area contributed by atoms with Crippen molar-refractivity contribution < 1.29 is 18.8 Å². The fourth-order valence-corrected chi connectivity index (χ4v) is 4.52. The fourth-order valence-electron chi connectivity index (χ4n) is 3.95. The summed E-state index contributed by atoms with van der Waals surface area (Å²) in [6.45, 7) is 0.595. The Bertz CT molecular complexity index is 1540. The molecular formula is C26H19Cl2FN6O3. The summed E-state index contributed by atoms with van der Waals surface area (Å²) in [5, 5.41) is 10.2. The Hall–Kier alpha value is -4.28. The van der Waals surface area contributed by atoms with E-state index in [0.29, 0.717) is 30.0 Å². The number of carbonyl (C=O) groups excluding carboxylic acids is 3. The van der Waals surface area contributed by atoms with Gasteiger partial charge < -0.3 is 15.5 Å². The molecule has 1 saturated heterocycles. The minimum absolute atomic E-state index is 0.0530. The van der Waals surface area contributed by atoms with Crippen LogP contribution in [0.2, 0.25) is 10.0 Å². The van der Waals surface area contributed by atoms with Crippen LogP contribution in [-0.4, -0.2) is 57.0 Å². The van der Waals surface area contributed by atoms with Gasteiger partial charge in [0, 0.05) is 24.7 Å². The fraction of sp³-hybridized carbons (Fsp3) is 0.115. The minimum Gasteiger partial charge on any atom is -0.353 e. The topological polar surface area (TPSA) is 109 Å². The number of pyridine rings is 1. The van der Waals surface area contributed by atoms with Crippen molar-refractivity contribution in [3.8, 4) is 16.9 Å². The number of aromatic nitrogens is 3. The Morgan fingerprint density at radius 2 is 1.82 bits per heavy atom. The number of rotatable bonds is 5. The predicted octanol–water partition coefficient (Wildman–Crippen LogP) is 4.20. The summed E-state index contributed by atoms with van der Waals surface area (Å²) in [6.07, 6.45) is 1.04. The van der Waals surface area contributed by atoms with Crippen molar-refractivity contribution in [3.05, 3.63) is 94.0 Å². The molecule has 0 saturated carbocycles. The average molecular weight is 553 g/mol. The van der Waals surface area contributed by atoms with Crippen LogP contribution in [0.4, 0.5) is 10.2 Å². The lowest BCUT2D eigenvalue weighted by Gasteiger charge is -2.25. The van der Waals surface area contributed by atoms with Crippen LogP contribution < -0.4 is 10.6 Å². The summed E-state index contributed by atoms with van der Waals surface area (Å²) in [5.41, 5.74) is 1.47. The zero-order chi connectivity index (χ0) is 26.8. The molecule has 0 radical (unpaired) electrons. The summed E-state index contributed by atoms with van der Waals surface area (Å²) in [4.78, 5) is 43.7. The van der Waals surface area contributed by atoms with Gasteiger partial charge in [-0.25, -0.2) is 9.07 Å². The number of hydrogen-bond donors (Lipinski definition) is 2. The average Bonchev–Trinajstić information content (AvgIpc) is 3.33. The Morgan fingerprint density at radius 3 is 2.53 bits per heavy atom. The van der Waals surface area contributed by atoms with Gasteiger partial charge in [0.1, 0.15) is 11.6 Å². The first-order valence-electron chi connectivity index (χ1n) is 11.4. The lowest BCUT2D eigenvalue weighted by Crippen LogP contribution is -2.50. The number of anilines is 1. The van der Waals surface area contributed by atoms with E-state index >= 15 is 0 Å². The van der Waals surface area contributed by atoms with E-state index in [1.807, 2.05) is 6.07 Å². The number of nitrogens with zero attached hydrogens (tertiary/aromatic N) is 4. The third-order valence-corrected chi connectivity index (χ3v) is 6.43. The van der Waals surface area contributed by atoms with Crippen molar-refractivity contribution in [2.75, 3.05) is 25.0 Å². The molecule has 4 aromatic rings. The molecule has 0 unspecified atom stereocenters. The van der Waals surface area contributed by atoms with Gasteiger partial charge in [0.25, 0.3) is 11.8 Å². The normalized spacial score (nSPS) is 13.2. The number of hydrogen-bond acceptors (Lipinski definition) is 5. The molecule has 192 valence electrons. The maximum atomic E-state index is 13.4. The Balaban J connectivity index is 1.50. The summed E-state index contributed by atoms with van der Waals surface area (Å²) >= 11 is 12.7. The number of nitrogens with one attached hydrogen (secondary N) is 2. The van der Waals surface area contributed by atoms with E-state index in [1.165, 1.54) is 39.9 Å². The van der Waals surface area contributed by atoms with E-state index in [1.54, 1.807) is 24.3 Å². The molecule has 2 aromatic carbocycles. The van der Waals surface area contributed by atoms with Crippen molar-refractivity contribution in [2.24, 2.45) is 0 Å². The molecule has 12 heteroatoms. The highest BCUT2D eigenvalue weighted by Gasteiger charge is 2.26. The molecule has 3 heterocycles. The van der Waals surface area contributed by atoms with Crippen molar-refractivity contribution in [2.45, 2.75) is 0 Å². The minimum atomic E-state index is -0.594.